The number of hydrogen-bond acceptors (Lipinski definition) is 0. The van der Waals surface area contributed by atoms with Gasteiger partial charge in [-0.25, -0.2) is 0 Å². The number of rotatable bonds is 7. The Kier molecular flexibility index (Phi) is 7.54. The molecule has 0 nitrogen and oxygen atoms in total. The van der Waals surface area contributed by atoms with Gasteiger partial charge in [0.15, 0.2) is 0 Å². The van der Waals surface area contributed by atoms with Crippen molar-refractivity contribution in [2.24, 2.45) is 0 Å². The molecule has 0 radical (unpaired) electrons. The topological polar surface area (TPSA) is 0 Å². The quantitative estimate of drug-likeness (QED) is 0.146. The molecule has 1 atom stereocenters. The van der Waals surface area contributed by atoms with Crippen molar-refractivity contribution in [2.75, 3.05) is 0 Å². The van der Waals surface area contributed by atoms with E-state index in [4.69, 9.17) is 17.0 Å². The van der Waals surface area contributed by atoms with Crippen LogP contribution in [0.2, 0.25) is 13.1 Å². The minimum atomic E-state index is -4.78. The molecule has 5 aromatic rings. The van der Waals surface area contributed by atoms with Crippen LogP contribution in [0.5, 0.6) is 0 Å². The average molecular weight is 698 g/mol. The molecule has 5 aromatic carbocycles. The molecule has 0 saturated carbocycles. The van der Waals surface area contributed by atoms with Gasteiger partial charge in [-0.2, -0.15) is 0 Å². The van der Waals surface area contributed by atoms with Gasteiger partial charge in [0.25, 0.3) is 0 Å². The third-order valence-electron chi connectivity index (χ3n) is 10.3. The second-order valence-electron chi connectivity index (χ2n) is 13.0. The first-order valence-electron chi connectivity index (χ1n) is 15.8. The molecule has 1 unspecified atom stereocenters. The molecule has 0 amide bonds. The van der Waals surface area contributed by atoms with Crippen LogP contribution >= 0.6 is 17.0 Å². The van der Waals surface area contributed by atoms with Crippen LogP contribution in [-0.4, -0.2) is 5.92 Å². The summed E-state index contributed by atoms with van der Waals surface area (Å²) in [5.74, 6) is -1.60. The molecular formula is C39H39Cl2SiZr. The summed E-state index contributed by atoms with van der Waals surface area (Å²) >= 11 is -4.78. The Bertz CT molecular complexity index is 1940. The van der Waals surface area contributed by atoms with Gasteiger partial charge in [-0.05, 0) is 0 Å². The van der Waals surface area contributed by atoms with E-state index in [1.54, 1.807) is 0 Å². The SMILES string of the molecule is CCCCC1=Cc2c(-c3c(C)ccc4ccccc34)cccc2[CH]1[Zr]([Cl])([Cl])([c]1cccc2c1Cc1ccccc1-2)[SiH](C)C. The van der Waals surface area contributed by atoms with Crippen molar-refractivity contribution in [3.05, 3.63) is 130 Å². The summed E-state index contributed by atoms with van der Waals surface area (Å²) in [5, 5.41) is 2.58. The Morgan fingerprint density at radius 2 is 1.51 bits per heavy atom. The van der Waals surface area contributed by atoms with E-state index in [1.165, 1.54) is 69.7 Å². The molecule has 0 saturated heterocycles. The Labute approximate surface area is 265 Å². The molecule has 0 N–H and O–H groups in total. The molecule has 0 bridgehead atoms. The van der Waals surface area contributed by atoms with E-state index in [0.717, 1.165) is 25.7 Å². The summed E-state index contributed by atoms with van der Waals surface area (Å²) in [7, 11) is 17.0. The molecule has 0 spiro atoms. The molecule has 7 rings (SSSR count). The fraction of sp³-hybridized carbons (Fsp3) is 0.231. The fourth-order valence-electron chi connectivity index (χ4n) is 8.05. The number of unbranched alkanes of at least 4 members (excludes halogenated alkanes) is 1. The Hall–Kier alpha value is -2.22. The summed E-state index contributed by atoms with van der Waals surface area (Å²) in [5.41, 5.74) is 13.6. The number of benzene rings is 5. The number of hydrogen-bond donors (Lipinski definition) is 0. The van der Waals surface area contributed by atoms with Gasteiger partial charge in [0.05, 0.1) is 0 Å². The van der Waals surface area contributed by atoms with Crippen LogP contribution < -0.4 is 3.27 Å². The first-order chi connectivity index (χ1) is 20.7. The molecule has 0 heterocycles. The van der Waals surface area contributed by atoms with Gasteiger partial charge in [-0.3, -0.25) is 0 Å². The van der Waals surface area contributed by atoms with Crippen molar-refractivity contribution in [3.8, 4) is 22.3 Å². The third-order valence-corrected chi connectivity index (χ3v) is 60.3. The van der Waals surface area contributed by atoms with Crippen molar-refractivity contribution in [1.29, 1.82) is 0 Å². The Morgan fingerprint density at radius 1 is 0.791 bits per heavy atom. The zero-order valence-corrected chi connectivity index (χ0v) is 30.7. The van der Waals surface area contributed by atoms with Gasteiger partial charge in [0.2, 0.25) is 0 Å². The van der Waals surface area contributed by atoms with Gasteiger partial charge >= 0.3 is 268 Å². The Morgan fingerprint density at radius 3 is 2.33 bits per heavy atom. The average Bonchev–Trinajstić information content (AvgIpc) is 3.59. The van der Waals surface area contributed by atoms with Crippen LogP contribution in [0.4, 0.5) is 0 Å². The first kappa shape index (κ1) is 29.5. The molecule has 0 aromatic heterocycles. The Balaban J connectivity index is 1.49. The van der Waals surface area contributed by atoms with Crippen LogP contribution in [0.25, 0.3) is 39.1 Å². The van der Waals surface area contributed by atoms with Crippen LogP contribution in [0.15, 0.2) is 103 Å². The summed E-state index contributed by atoms with van der Waals surface area (Å²) in [4.78, 5) is 0. The fourth-order valence-corrected chi connectivity index (χ4v) is 35.9. The number of fused-ring (bicyclic) bond motifs is 5. The molecule has 2 aliphatic rings. The van der Waals surface area contributed by atoms with E-state index in [0.29, 0.717) is 0 Å². The van der Waals surface area contributed by atoms with Crippen molar-refractivity contribution in [2.45, 2.75) is 56.3 Å². The van der Waals surface area contributed by atoms with Gasteiger partial charge < -0.3 is 0 Å². The van der Waals surface area contributed by atoms with Gasteiger partial charge in [0, 0.05) is 0 Å². The normalized spacial score (nSPS) is 16.5. The predicted molar refractivity (Wildman–Crippen MR) is 189 cm³/mol. The van der Waals surface area contributed by atoms with Crippen LogP contribution in [0.1, 0.15) is 57.6 Å². The van der Waals surface area contributed by atoms with Crippen molar-refractivity contribution in [3.63, 3.8) is 0 Å². The monoisotopic (exact) mass is 695 g/mol. The summed E-state index contributed by atoms with van der Waals surface area (Å²) in [6.45, 7) is 9.39. The first-order valence-corrected chi connectivity index (χ1v) is 32.0. The number of halogens is 2. The molecule has 4 heteroatoms. The van der Waals surface area contributed by atoms with E-state index in [-0.39, 0.29) is 3.63 Å². The van der Waals surface area contributed by atoms with Crippen LogP contribution in [0.3, 0.4) is 0 Å². The van der Waals surface area contributed by atoms with Crippen molar-refractivity contribution < 1.29 is 15.6 Å². The maximum absolute atomic E-state index is 8.51. The second kappa shape index (κ2) is 11.0. The zero-order valence-electron chi connectivity index (χ0n) is 25.6. The van der Waals surface area contributed by atoms with Gasteiger partial charge in [-0.15, -0.1) is 0 Å². The van der Waals surface area contributed by atoms with Crippen molar-refractivity contribution >= 4 is 43.1 Å². The molecule has 217 valence electrons. The van der Waals surface area contributed by atoms with E-state index in [9.17, 15) is 0 Å². The molecule has 43 heavy (non-hydrogen) atoms. The molecular weight excluding hydrogens is 659 g/mol. The maximum atomic E-state index is 8.51. The predicted octanol–water partition coefficient (Wildman–Crippen LogP) is 11.3. The van der Waals surface area contributed by atoms with Gasteiger partial charge in [0.1, 0.15) is 0 Å². The summed E-state index contributed by atoms with van der Waals surface area (Å²) in [6.07, 6.45) is 6.79. The summed E-state index contributed by atoms with van der Waals surface area (Å²) < 4.78 is 1.43. The molecule has 0 aliphatic heterocycles. The van der Waals surface area contributed by atoms with Crippen molar-refractivity contribution in [1.82, 2.24) is 0 Å². The standard InChI is InChI=1S/C24H23.C13H9.C2H7Si.2ClH.Zr/c1-3-4-8-18-15-20-10-7-12-22(23(20)16-18)24-17(2)13-14-19-9-5-6-11-21(19)24;1-3-7-12-10(5-1)9-11-6-2-4-8-13(11)12;1-3-2;;;/h5-7,9-16H,3-4,8H2,1-2H3;1-5,7-8H,9H2;3H,1-2H3;2*1H;/q;;;;;+2/p-2. The van der Waals surface area contributed by atoms with Crippen LogP contribution in [-0.2, 0) is 22.0 Å². The second-order valence-corrected chi connectivity index (χ2v) is 54.5. The zero-order chi connectivity index (χ0) is 30.0. The van der Waals surface area contributed by atoms with E-state index < -0.39 is 21.5 Å². The van der Waals surface area contributed by atoms with Crippen LogP contribution in [0, 0.1) is 6.92 Å². The number of aryl methyl sites for hydroxylation is 1. The summed E-state index contributed by atoms with van der Waals surface area (Å²) in [6, 6.07) is 35.9. The molecule has 0 fully saturated rings. The van der Waals surface area contributed by atoms with E-state index in [1.807, 2.05) is 0 Å². The molecule has 2 aliphatic carbocycles. The van der Waals surface area contributed by atoms with Gasteiger partial charge in [-0.1, -0.05) is 0 Å². The van der Waals surface area contributed by atoms with E-state index >= 15 is 0 Å². The van der Waals surface area contributed by atoms with E-state index in [2.05, 4.69) is 130 Å². The number of allylic oxidation sites excluding steroid dienone is 1. The third kappa shape index (κ3) is 4.46. The minimum absolute atomic E-state index is 0.100.